The molecule has 1 aliphatic heterocycles. The van der Waals surface area contributed by atoms with Gasteiger partial charge in [-0.15, -0.1) is 11.3 Å². The number of aliphatic hydroxyl groups excluding tert-OH is 4. The summed E-state index contributed by atoms with van der Waals surface area (Å²) in [7, 11) is 0. The van der Waals surface area contributed by atoms with Crippen LogP contribution in [0.4, 0.5) is 13.2 Å². The van der Waals surface area contributed by atoms with Gasteiger partial charge in [-0.1, -0.05) is 0 Å². The first kappa shape index (κ1) is 19.0. The SMILES string of the molecule is O=C(NCC(F)(F)F)c1csc([C@@H]2O[C@H](CO)[C@H](O)[C@H](O)[C@H]2O)n1. The maximum atomic E-state index is 12.1. The lowest BCUT2D eigenvalue weighted by Crippen LogP contribution is -2.55. The fourth-order valence-corrected chi connectivity index (χ4v) is 2.97. The van der Waals surface area contributed by atoms with Crippen LogP contribution in [0.2, 0.25) is 0 Å². The van der Waals surface area contributed by atoms with E-state index < -0.39 is 55.8 Å². The number of amides is 1. The quantitative estimate of drug-likeness (QED) is 0.456. The fourth-order valence-electron chi connectivity index (χ4n) is 2.10. The van der Waals surface area contributed by atoms with Crippen molar-refractivity contribution in [1.82, 2.24) is 10.3 Å². The minimum absolute atomic E-state index is 0.0176. The van der Waals surface area contributed by atoms with E-state index in [0.29, 0.717) is 0 Å². The zero-order chi connectivity index (χ0) is 18.1. The van der Waals surface area contributed by atoms with Crippen LogP contribution >= 0.6 is 11.3 Å². The number of nitrogens with one attached hydrogen (secondary N) is 1. The number of thiazole rings is 1. The van der Waals surface area contributed by atoms with Crippen molar-refractivity contribution in [3.05, 3.63) is 16.1 Å². The lowest BCUT2D eigenvalue weighted by Gasteiger charge is -2.39. The van der Waals surface area contributed by atoms with E-state index in [-0.39, 0.29) is 10.7 Å². The summed E-state index contributed by atoms with van der Waals surface area (Å²) in [5.74, 6) is -1.06. The molecule has 0 radical (unpaired) electrons. The Balaban J connectivity index is 2.10. The predicted octanol–water partition coefficient (Wildman–Crippen LogP) is -1.05. The Labute approximate surface area is 137 Å². The van der Waals surface area contributed by atoms with E-state index in [1.165, 1.54) is 5.38 Å². The number of carbonyl (C=O) groups excluding carboxylic acids is 1. The normalized spacial score (nSPS) is 31.0. The molecule has 0 saturated carbocycles. The summed E-state index contributed by atoms with van der Waals surface area (Å²) in [6, 6.07) is 0. The molecule has 1 aromatic rings. The van der Waals surface area contributed by atoms with Crippen LogP contribution in [-0.2, 0) is 4.74 Å². The third-order valence-corrected chi connectivity index (χ3v) is 4.25. The number of carbonyl (C=O) groups is 1. The summed E-state index contributed by atoms with van der Waals surface area (Å²) in [6.07, 6.45) is -11.7. The maximum absolute atomic E-state index is 12.1. The number of hydrogen-bond donors (Lipinski definition) is 5. The Kier molecular flexibility index (Phi) is 5.78. The van der Waals surface area contributed by atoms with Gasteiger partial charge in [0.2, 0.25) is 0 Å². The molecule has 136 valence electrons. The summed E-state index contributed by atoms with van der Waals surface area (Å²) in [6.45, 7) is -2.15. The van der Waals surface area contributed by atoms with Gasteiger partial charge in [0.05, 0.1) is 6.61 Å². The van der Waals surface area contributed by atoms with Crippen molar-refractivity contribution >= 4 is 17.2 Å². The number of nitrogens with zero attached hydrogens (tertiary/aromatic N) is 1. The molecule has 0 bridgehead atoms. The summed E-state index contributed by atoms with van der Waals surface area (Å²) in [4.78, 5) is 15.4. The van der Waals surface area contributed by atoms with Crippen LogP contribution in [0.15, 0.2) is 5.38 Å². The molecule has 1 saturated heterocycles. The maximum Gasteiger partial charge on any atom is 0.405 e. The predicted molar refractivity (Wildman–Crippen MR) is 73.2 cm³/mol. The van der Waals surface area contributed by atoms with Gasteiger partial charge in [-0.3, -0.25) is 4.79 Å². The molecule has 2 heterocycles. The van der Waals surface area contributed by atoms with Crippen LogP contribution in [0.1, 0.15) is 21.6 Å². The summed E-state index contributed by atoms with van der Waals surface area (Å²) >= 11 is 0.825. The first-order chi connectivity index (χ1) is 11.1. The molecule has 0 aromatic carbocycles. The average molecular weight is 372 g/mol. The van der Waals surface area contributed by atoms with E-state index in [1.807, 2.05) is 0 Å². The van der Waals surface area contributed by atoms with Crippen LogP contribution in [0.5, 0.6) is 0 Å². The molecule has 2 rings (SSSR count). The van der Waals surface area contributed by atoms with Gasteiger partial charge < -0.3 is 30.5 Å². The van der Waals surface area contributed by atoms with Crippen molar-refractivity contribution in [2.45, 2.75) is 36.7 Å². The molecule has 12 heteroatoms. The van der Waals surface area contributed by atoms with Gasteiger partial charge in [0.15, 0.2) is 0 Å². The highest BCUT2D eigenvalue weighted by molar-refractivity contribution is 7.09. The van der Waals surface area contributed by atoms with Crippen molar-refractivity contribution in [2.75, 3.05) is 13.2 Å². The monoisotopic (exact) mass is 372 g/mol. The van der Waals surface area contributed by atoms with Gasteiger partial charge in [-0.2, -0.15) is 13.2 Å². The highest BCUT2D eigenvalue weighted by Gasteiger charge is 2.45. The van der Waals surface area contributed by atoms with Gasteiger partial charge in [0.25, 0.3) is 5.91 Å². The molecule has 1 aliphatic rings. The molecule has 0 spiro atoms. The first-order valence-electron chi connectivity index (χ1n) is 6.75. The number of hydrogen-bond acceptors (Lipinski definition) is 8. The second-order valence-electron chi connectivity index (χ2n) is 5.12. The molecule has 5 N–H and O–H groups in total. The smallest absolute Gasteiger partial charge is 0.394 e. The lowest BCUT2D eigenvalue weighted by molar-refractivity contribution is -0.231. The van der Waals surface area contributed by atoms with Crippen molar-refractivity contribution < 1.29 is 43.1 Å². The summed E-state index contributed by atoms with van der Waals surface area (Å²) in [5.41, 5.74) is -0.309. The van der Waals surface area contributed by atoms with Gasteiger partial charge in [-0.25, -0.2) is 4.98 Å². The van der Waals surface area contributed by atoms with Crippen LogP contribution < -0.4 is 5.32 Å². The van der Waals surface area contributed by atoms with E-state index in [9.17, 15) is 33.3 Å². The Hall–Kier alpha value is -1.31. The Morgan fingerprint density at radius 2 is 1.96 bits per heavy atom. The van der Waals surface area contributed by atoms with Crippen molar-refractivity contribution in [2.24, 2.45) is 0 Å². The molecular weight excluding hydrogens is 357 g/mol. The van der Waals surface area contributed by atoms with Gasteiger partial charge >= 0.3 is 6.18 Å². The number of aromatic nitrogens is 1. The third kappa shape index (κ3) is 4.20. The Morgan fingerprint density at radius 1 is 1.29 bits per heavy atom. The standard InChI is InChI=1S/C12H15F3N2O6S/c13-12(14,15)3-16-10(22)4-2-24-11(17-4)9-8(21)7(20)6(19)5(1-18)23-9/h2,5-9,18-21H,1,3H2,(H,16,22)/t5-,6+,7+,8-,9-/m1/s1. The van der Waals surface area contributed by atoms with Gasteiger partial charge in [-0.05, 0) is 0 Å². The molecule has 0 aliphatic carbocycles. The molecular formula is C12H15F3N2O6S. The summed E-state index contributed by atoms with van der Waals surface area (Å²) < 4.78 is 41.5. The molecule has 24 heavy (non-hydrogen) atoms. The number of ether oxygens (including phenoxy) is 1. The molecule has 5 atom stereocenters. The van der Waals surface area contributed by atoms with Crippen LogP contribution in [-0.4, -0.2) is 75.1 Å². The van der Waals surface area contributed by atoms with E-state index in [4.69, 9.17) is 9.84 Å². The highest BCUT2D eigenvalue weighted by atomic mass is 32.1. The average Bonchev–Trinajstić information content (AvgIpc) is 2.99. The zero-order valence-electron chi connectivity index (χ0n) is 12.0. The molecule has 0 unspecified atom stereocenters. The van der Waals surface area contributed by atoms with Crippen LogP contribution in [0, 0.1) is 0 Å². The largest absolute Gasteiger partial charge is 0.405 e. The highest BCUT2D eigenvalue weighted by Crippen LogP contribution is 2.33. The van der Waals surface area contributed by atoms with Gasteiger partial charge in [0, 0.05) is 5.38 Å². The van der Waals surface area contributed by atoms with E-state index in [0.717, 1.165) is 11.3 Å². The third-order valence-electron chi connectivity index (χ3n) is 3.34. The van der Waals surface area contributed by atoms with E-state index >= 15 is 0 Å². The molecule has 1 fully saturated rings. The first-order valence-corrected chi connectivity index (χ1v) is 7.63. The Bertz CT molecular complexity index is 581. The minimum Gasteiger partial charge on any atom is -0.394 e. The molecule has 8 nitrogen and oxygen atoms in total. The van der Waals surface area contributed by atoms with Crippen LogP contribution in [0.25, 0.3) is 0 Å². The lowest BCUT2D eigenvalue weighted by atomic mass is 9.95. The second kappa shape index (κ2) is 7.29. The van der Waals surface area contributed by atoms with Crippen molar-refractivity contribution in [3.63, 3.8) is 0 Å². The zero-order valence-corrected chi connectivity index (χ0v) is 12.8. The van der Waals surface area contributed by atoms with Crippen LogP contribution in [0.3, 0.4) is 0 Å². The number of rotatable bonds is 4. The minimum atomic E-state index is -4.56. The molecule has 1 aromatic heterocycles. The van der Waals surface area contributed by atoms with Crippen molar-refractivity contribution in [3.8, 4) is 0 Å². The van der Waals surface area contributed by atoms with E-state index in [2.05, 4.69) is 4.98 Å². The topological polar surface area (TPSA) is 132 Å². The number of aliphatic hydroxyl groups is 4. The Morgan fingerprint density at radius 3 is 2.54 bits per heavy atom. The summed E-state index contributed by atoms with van der Waals surface area (Å²) in [5, 5.41) is 41.3. The van der Waals surface area contributed by atoms with Crippen molar-refractivity contribution in [1.29, 1.82) is 0 Å². The number of alkyl halides is 3. The second-order valence-corrected chi connectivity index (χ2v) is 6.01. The molecule has 1 amide bonds. The van der Waals surface area contributed by atoms with Gasteiger partial charge in [0.1, 0.15) is 47.8 Å². The van der Waals surface area contributed by atoms with E-state index in [1.54, 1.807) is 5.32 Å². The number of halogens is 3. The fraction of sp³-hybridized carbons (Fsp3) is 0.667.